The average Bonchev–Trinajstić information content (AvgIpc) is 3.15. The number of benzene rings is 1. The third kappa shape index (κ3) is 4.10. The van der Waals surface area contributed by atoms with Crippen LogP contribution in [0.4, 0.5) is 5.95 Å². The number of aryl methyl sites for hydroxylation is 1. The quantitative estimate of drug-likeness (QED) is 0.684. The Labute approximate surface area is 159 Å². The minimum absolute atomic E-state index is 0.00923. The molecule has 6 heteroatoms. The third-order valence-corrected chi connectivity index (χ3v) is 5.18. The fraction of sp³-hybridized carbons (Fsp3) is 0.381. The van der Waals surface area contributed by atoms with Gasteiger partial charge in [0.25, 0.3) is 0 Å². The van der Waals surface area contributed by atoms with E-state index < -0.39 is 0 Å². The summed E-state index contributed by atoms with van der Waals surface area (Å²) in [4.78, 5) is 23.3. The maximum Gasteiger partial charge on any atom is 0.225 e. The SMILES string of the molecule is O=C(NCCCn1ccc2ccccc21)C1CCCN(c2ncccn2)C1. The van der Waals surface area contributed by atoms with E-state index in [1.165, 1.54) is 10.9 Å². The molecule has 3 heterocycles. The molecule has 0 spiro atoms. The molecule has 1 fully saturated rings. The molecular weight excluding hydrogens is 338 g/mol. The number of anilines is 1. The van der Waals surface area contributed by atoms with Gasteiger partial charge in [0.1, 0.15) is 0 Å². The van der Waals surface area contributed by atoms with Gasteiger partial charge >= 0.3 is 0 Å². The van der Waals surface area contributed by atoms with Crippen molar-refractivity contribution in [2.75, 3.05) is 24.5 Å². The first kappa shape index (κ1) is 17.5. The maximum atomic E-state index is 12.6. The summed E-state index contributed by atoms with van der Waals surface area (Å²) in [5, 5.41) is 4.37. The van der Waals surface area contributed by atoms with Crippen molar-refractivity contribution >= 4 is 22.8 Å². The lowest BCUT2D eigenvalue weighted by Gasteiger charge is -2.31. The van der Waals surface area contributed by atoms with Gasteiger partial charge in [0, 0.05) is 50.3 Å². The monoisotopic (exact) mass is 363 g/mol. The van der Waals surface area contributed by atoms with Crippen LogP contribution in [0.3, 0.4) is 0 Å². The fourth-order valence-electron chi connectivity index (χ4n) is 3.77. The molecule has 1 aliphatic heterocycles. The van der Waals surface area contributed by atoms with Gasteiger partial charge in [0.05, 0.1) is 5.92 Å². The van der Waals surface area contributed by atoms with Crippen molar-refractivity contribution in [2.24, 2.45) is 5.92 Å². The van der Waals surface area contributed by atoms with Crippen LogP contribution in [0.1, 0.15) is 19.3 Å². The number of rotatable bonds is 6. The lowest BCUT2D eigenvalue weighted by Crippen LogP contribution is -2.44. The second kappa shape index (κ2) is 8.20. The van der Waals surface area contributed by atoms with Crippen molar-refractivity contribution in [1.82, 2.24) is 19.9 Å². The van der Waals surface area contributed by atoms with E-state index in [0.717, 1.165) is 38.3 Å². The van der Waals surface area contributed by atoms with E-state index in [-0.39, 0.29) is 11.8 Å². The van der Waals surface area contributed by atoms with Crippen molar-refractivity contribution < 1.29 is 4.79 Å². The van der Waals surface area contributed by atoms with E-state index in [0.29, 0.717) is 13.1 Å². The third-order valence-electron chi connectivity index (χ3n) is 5.18. The highest BCUT2D eigenvalue weighted by atomic mass is 16.1. The largest absolute Gasteiger partial charge is 0.356 e. The Kier molecular flexibility index (Phi) is 5.32. The molecular formula is C21H25N5O. The van der Waals surface area contributed by atoms with Gasteiger partial charge in [-0.1, -0.05) is 18.2 Å². The first-order valence-electron chi connectivity index (χ1n) is 9.65. The Bertz CT molecular complexity index is 892. The summed E-state index contributed by atoms with van der Waals surface area (Å²) in [5.74, 6) is 0.873. The van der Waals surface area contributed by atoms with E-state index in [9.17, 15) is 4.79 Å². The average molecular weight is 363 g/mol. The fourth-order valence-corrected chi connectivity index (χ4v) is 3.77. The summed E-state index contributed by atoms with van der Waals surface area (Å²) in [5.41, 5.74) is 1.25. The lowest BCUT2D eigenvalue weighted by molar-refractivity contribution is -0.125. The number of fused-ring (bicyclic) bond motifs is 1. The van der Waals surface area contributed by atoms with E-state index in [1.807, 2.05) is 6.07 Å². The van der Waals surface area contributed by atoms with E-state index in [4.69, 9.17) is 0 Å². The lowest BCUT2D eigenvalue weighted by atomic mass is 9.97. The van der Waals surface area contributed by atoms with Gasteiger partial charge in [0.15, 0.2) is 0 Å². The first-order valence-corrected chi connectivity index (χ1v) is 9.65. The molecule has 2 aromatic heterocycles. The van der Waals surface area contributed by atoms with Gasteiger partial charge in [0.2, 0.25) is 11.9 Å². The van der Waals surface area contributed by atoms with Crippen LogP contribution in [-0.4, -0.2) is 40.1 Å². The summed E-state index contributed by atoms with van der Waals surface area (Å²) in [6.07, 6.45) is 8.45. The molecule has 0 saturated carbocycles. The first-order chi connectivity index (χ1) is 13.3. The molecule has 27 heavy (non-hydrogen) atoms. The van der Waals surface area contributed by atoms with Crippen molar-refractivity contribution in [2.45, 2.75) is 25.8 Å². The zero-order valence-electron chi connectivity index (χ0n) is 15.4. The molecule has 0 radical (unpaired) electrons. The van der Waals surface area contributed by atoms with Gasteiger partial charge in [-0.25, -0.2) is 9.97 Å². The van der Waals surface area contributed by atoms with Crippen molar-refractivity contribution in [3.63, 3.8) is 0 Å². The number of nitrogens with zero attached hydrogens (tertiary/aromatic N) is 4. The summed E-state index contributed by atoms with van der Waals surface area (Å²) in [7, 11) is 0. The predicted octanol–water partition coefficient (Wildman–Crippen LogP) is 2.85. The van der Waals surface area contributed by atoms with Crippen molar-refractivity contribution in [1.29, 1.82) is 0 Å². The number of carbonyl (C=O) groups is 1. The van der Waals surface area contributed by atoms with Gasteiger partial charge in [-0.15, -0.1) is 0 Å². The second-order valence-electron chi connectivity index (χ2n) is 7.05. The summed E-state index contributed by atoms with van der Waals surface area (Å²) in [6, 6.07) is 12.3. The maximum absolute atomic E-state index is 12.6. The summed E-state index contributed by atoms with van der Waals surface area (Å²) in [6.45, 7) is 3.21. The van der Waals surface area contributed by atoms with Gasteiger partial charge in [-0.2, -0.15) is 0 Å². The Morgan fingerprint density at radius 2 is 2.00 bits per heavy atom. The van der Waals surface area contributed by atoms with E-state index in [1.54, 1.807) is 12.4 Å². The molecule has 140 valence electrons. The number of carbonyl (C=O) groups excluding carboxylic acids is 1. The highest BCUT2D eigenvalue weighted by Gasteiger charge is 2.26. The summed E-state index contributed by atoms with van der Waals surface area (Å²) >= 11 is 0. The van der Waals surface area contributed by atoms with Crippen molar-refractivity contribution in [3.05, 3.63) is 55.0 Å². The van der Waals surface area contributed by atoms with Crippen LogP contribution < -0.4 is 10.2 Å². The van der Waals surface area contributed by atoms with Crippen LogP contribution in [0, 0.1) is 5.92 Å². The molecule has 1 aromatic carbocycles. The Morgan fingerprint density at radius 3 is 2.89 bits per heavy atom. The number of piperidine rings is 1. The van der Waals surface area contributed by atoms with Crippen LogP contribution in [0.15, 0.2) is 55.0 Å². The van der Waals surface area contributed by atoms with Crippen LogP contribution >= 0.6 is 0 Å². The Balaban J connectivity index is 1.25. The van der Waals surface area contributed by atoms with Crippen LogP contribution in [0.5, 0.6) is 0 Å². The van der Waals surface area contributed by atoms with E-state index >= 15 is 0 Å². The zero-order valence-corrected chi connectivity index (χ0v) is 15.4. The molecule has 1 amide bonds. The number of aromatic nitrogens is 3. The van der Waals surface area contributed by atoms with Gasteiger partial charge in [-0.3, -0.25) is 4.79 Å². The van der Waals surface area contributed by atoms with Crippen LogP contribution in [-0.2, 0) is 11.3 Å². The smallest absolute Gasteiger partial charge is 0.225 e. The minimum Gasteiger partial charge on any atom is -0.356 e. The molecule has 4 rings (SSSR count). The molecule has 3 aromatic rings. The standard InChI is InChI=1S/C21H25N5O/c27-20(18-7-3-13-26(16-18)21-23-10-4-11-24-21)22-12-5-14-25-15-9-17-6-1-2-8-19(17)25/h1-2,4,6,8-11,15,18H,3,5,7,12-14,16H2,(H,22,27). The Hall–Kier alpha value is -2.89. The predicted molar refractivity (Wildman–Crippen MR) is 107 cm³/mol. The number of hydrogen-bond donors (Lipinski definition) is 1. The number of amides is 1. The topological polar surface area (TPSA) is 63.1 Å². The van der Waals surface area contributed by atoms with Crippen LogP contribution in [0.2, 0.25) is 0 Å². The van der Waals surface area contributed by atoms with Gasteiger partial charge < -0.3 is 14.8 Å². The van der Waals surface area contributed by atoms with Crippen LogP contribution in [0.25, 0.3) is 10.9 Å². The molecule has 1 atom stereocenters. The minimum atomic E-state index is 0.00923. The van der Waals surface area contributed by atoms with Crippen molar-refractivity contribution in [3.8, 4) is 0 Å². The van der Waals surface area contributed by atoms with Gasteiger partial charge in [-0.05, 0) is 42.8 Å². The zero-order chi connectivity index (χ0) is 18.5. The molecule has 1 aliphatic rings. The molecule has 0 aliphatic carbocycles. The molecule has 1 N–H and O–H groups in total. The number of hydrogen-bond acceptors (Lipinski definition) is 4. The molecule has 1 saturated heterocycles. The Morgan fingerprint density at radius 1 is 1.15 bits per heavy atom. The molecule has 6 nitrogen and oxygen atoms in total. The number of para-hydroxylation sites is 1. The highest BCUT2D eigenvalue weighted by molar-refractivity contribution is 5.80. The highest BCUT2D eigenvalue weighted by Crippen LogP contribution is 2.20. The molecule has 0 bridgehead atoms. The molecule has 1 unspecified atom stereocenters. The number of nitrogens with one attached hydrogen (secondary N) is 1. The van der Waals surface area contributed by atoms with E-state index in [2.05, 4.69) is 61.3 Å². The second-order valence-corrected chi connectivity index (χ2v) is 7.05. The summed E-state index contributed by atoms with van der Waals surface area (Å²) < 4.78 is 2.25. The normalized spacial score (nSPS) is 17.2.